The number of primary sulfonamides is 1. The molecule has 1 heterocycles. The number of carboxylic acid groups (broad SMARTS) is 1. The molecular formula is C9H16N2O5S. The molecule has 0 radical (unpaired) electrons. The van der Waals surface area contributed by atoms with Crippen LogP contribution in [0.4, 0.5) is 0 Å². The molecule has 1 aliphatic rings. The van der Waals surface area contributed by atoms with E-state index in [9.17, 15) is 18.0 Å². The second-order valence-corrected chi connectivity index (χ2v) is 5.95. The summed E-state index contributed by atoms with van der Waals surface area (Å²) in [4.78, 5) is 23.7. The molecule has 98 valence electrons. The van der Waals surface area contributed by atoms with E-state index in [0.29, 0.717) is 12.8 Å². The van der Waals surface area contributed by atoms with Crippen molar-refractivity contribution in [1.82, 2.24) is 4.90 Å². The Balaban J connectivity index is 2.85. The summed E-state index contributed by atoms with van der Waals surface area (Å²) >= 11 is 0. The number of carbonyl (C=O) groups excluding carboxylic acids is 1. The van der Waals surface area contributed by atoms with E-state index >= 15 is 0 Å². The number of hydrogen-bond donors (Lipinski definition) is 2. The number of nitrogens with two attached hydrogens (primary N) is 1. The molecule has 17 heavy (non-hydrogen) atoms. The fourth-order valence-corrected chi connectivity index (χ4v) is 2.65. The van der Waals surface area contributed by atoms with Crippen LogP contribution < -0.4 is 5.14 Å². The smallest absolute Gasteiger partial charge is 0.326 e. The van der Waals surface area contributed by atoms with E-state index in [4.69, 9.17) is 10.2 Å². The number of likely N-dealkylation sites (tertiary alicyclic amines) is 1. The van der Waals surface area contributed by atoms with Gasteiger partial charge in [0.05, 0.1) is 0 Å². The van der Waals surface area contributed by atoms with Crippen LogP contribution in [0.25, 0.3) is 0 Å². The van der Waals surface area contributed by atoms with Gasteiger partial charge in [0.1, 0.15) is 11.3 Å². The highest BCUT2D eigenvalue weighted by atomic mass is 32.2. The molecule has 1 amide bonds. The summed E-state index contributed by atoms with van der Waals surface area (Å²) in [5.74, 6) is -1.58. The number of carboxylic acids is 1. The van der Waals surface area contributed by atoms with Gasteiger partial charge in [0.15, 0.2) is 0 Å². The average molecular weight is 264 g/mol. The molecule has 7 nitrogen and oxygen atoms in total. The summed E-state index contributed by atoms with van der Waals surface area (Å²) < 4.78 is 22.3. The third kappa shape index (κ3) is 3.16. The van der Waals surface area contributed by atoms with E-state index in [0.717, 1.165) is 4.90 Å². The van der Waals surface area contributed by atoms with Gasteiger partial charge in [0.25, 0.3) is 0 Å². The lowest BCUT2D eigenvalue weighted by Crippen LogP contribution is -2.43. The lowest BCUT2D eigenvalue weighted by molar-refractivity contribution is -0.148. The molecule has 3 N–H and O–H groups in total. The van der Waals surface area contributed by atoms with Gasteiger partial charge in [-0.2, -0.15) is 0 Å². The van der Waals surface area contributed by atoms with Crippen molar-refractivity contribution >= 4 is 21.9 Å². The van der Waals surface area contributed by atoms with E-state index < -0.39 is 33.2 Å². The Labute approximate surface area is 99.6 Å². The quantitative estimate of drug-likeness (QED) is 0.669. The van der Waals surface area contributed by atoms with Crippen LogP contribution >= 0.6 is 0 Å². The van der Waals surface area contributed by atoms with Crippen LogP contribution in [0.15, 0.2) is 0 Å². The van der Waals surface area contributed by atoms with Crippen LogP contribution in [-0.2, 0) is 19.6 Å². The minimum atomic E-state index is -3.80. The number of rotatable bonds is 5. The van der Waals surface area contributed by atoms with Gasteiger partial charge >= 0.3 is 5.97 Å². The number of sulfonamides is 1. The molecule has 2 unspecified atom stereocenters. The first-order valence-corrected chi connectivity index (χ1v) is 6.92. The number of hydrogen-bond acceptors (Lipinski definition) is 4. The maximum Gasteiger partial charge on any atom is 0.326 e. The van der Waals surface area contributed by atoms with E-state index in [1.807, 2.05) is 0 Å². The van der Waals surface area contributed by atoms with Gasteiger partial charge in [-0.3, -0.25) is 4.79 Å². The van der Waals surface area contributed by atoms with Gasteiger partial charge in [-0.05, 0) is 6.42 Å². The van der Waals surface area contributed by atoms with Crippen LogP contribution in [0, 0.1) is 0 Å². The molecule has 8 heteroatoms. The highest BCUT2D eigenvalue weighted by Crippen LogP contribution is 2.21. The van der Waals surface area contributed by atoms with E-state index in [1.165, 1.54) is 0 Å². The maximum atomic E-state index is 11.6. The highest BCUT2D eigenvalue weighted by Gasteiger charge is 2.41. The monoisotopic (exact) mass is 264 g/mol. The first-order chi connectivity index (χ1) is 7.77. The summed E-state index contributed by atoms with van der Waals surface area (Å²) in [5, 5.41) is 13.0. The number of carbonyl (C=O) groups is 2. The van der Waals surface area contributed by atoms with Crippen LogP contribution in [-0.4, -0.2) is 48.1 Å². The van der Waals surface area contributed by atoms with Crippen molar-refractivity contribution in [3.8, 4) is 0 Å². The van der Waals surface area contributed by atoms with Crippen molar-refractivity contribution in [3.63, 3.8) is 0 Å². The van der Waals surface area contributed by atoms with Crippen molar-refractivity contribution < 1.29 is 23.1 Å². The van der Waals surface area contributed by atoms with Crippen molar-refractivity contribution in [1.29, 1.82) is 0 Å². The molecular weight excluding hydrogens is 248 g/mol. The Bertz CT molecular complexity index is 419. The Kier molecular flexibility index (Phi) is 4.10. The molecule has 1 fully saturated rings. The highest BCUT2D eigenvalue weighted by molar-refractivity contribution is 7.89. The van der Waals surface area contributed by atoms with Crippen molar-refractivity contribution in [2.75, 3.05) is 6.54 Å². The van der Waals surface area contributed by atoms with Gasteiger partial charge in [-0.1, -0.05) is 13.3 Å². The first kappa shape index (κ1) is 13.9. The van der Waals surface area contributed by atoms with Crippen molar-refractivity contribution in [2.45, 2.75) is 37.5 Å². The summed E-state index contributed by atoms with van der Waals surface area (Å²) in [6.45, 7) is 1.67. The summed E-state index contributed by atoms with van der Waals surface area (Å²) in [7, 11) is -3.80. The SMILES string of the molecule is CCCC(C(=O)O)N1CC(S(N)(=O)=O)CC1=O. The van der Waals surface area contributed by atoms with Crippen LogP contribution in [0.5, 0.6) is 0 Å². The predicted octanol–water partition coefficient (Wildman–Crippen LogP) is -0.871. The number of aliphatic carboxylic acids is 1. The lowest BCUT2D eigenvalue weighted by atomic mass is 10.1. The minimum absolute atomic E-state index is 0.130. The molecule has 1 aliphatic heterocycles. The molecule has 1 rings (SSSR count). The second-order valence-electron chi connectivity index (χ2n) is 4.10. The molecule has 0 aromatic carbocycles. The van der Waals surface area contributed by atoms with E-state index in [1.54, 1.807) is 6.92 Å². The molecule has 0 bridgehead atoms. The predicted molar refractivity (Wildman–Crippen MR) is 59.6 cm³/mol. The molecule has 0 aromatic rings. The van der Waals surface area contributed by atoms with Gasteiger partial charge < -0.3 is 10.0 Å². The van der Waals surface area contributed by atoms with E-state index in [-0.39, 0.29) is 13.0 Å². The number of amides is 1. The zero-order chi connectivity index (χ0) is 13.2. The summed E-state index contributed by atoms with van der Waals surface area (Å²) in [5.41, 5.74) is 0. The van der Waals surface area contributed by atoms with Crippen molar-refractivity contribution in [2.24, 2.45) is 5.14 Å². The average Bonchev–Trinajstić information content (AvgIpc) is 2.55. The second kappa shape index (κ2) is 5.01. The van der Waals surface area contributed by atoms with Crippen molar-refractivity contribution in [3.05, 3.63) is 0 Å². The standard InChI is InChI=1S/C9H16N2O5S/c1-2-3-7(9(13)14)11-5-6(4-8(11)12)17(10,15)16/h6-7H,2-5H2,1H3,(H,13,14)(H2,10,15,16). The molecule has 0 aromatic heterocycles. The van der Waals surface area contributed by atoms with Gasteiger partial charge in [-0.25, -0.2) is 18.4 Å². The zero-order valence-electron chi connectivity index (χ0n) is 9.50. The Morgan fingerprint density at radius 2 is 2.24 bits per heavy atom. The third-order valence-corrected chi connectivity index (χ3v) is 4.06. The van der Waals surface area contributed by atoms with E-state index in [2.05, 4.69) is 0 Å². The molecule has 0 aliphatic carbocycles. The third-order valence-electron chi connectivity index (χ3n) is 2.81. The Hall–Kier alpha value is -1.15. The molecule has 2 atom stereocenters. The van der Waals surface area contributed by atoms with Crippen LogP contribution in [0.3, 0.4) is 0 Å². The maximum absolute atomic E-state index is 11.6. The summed E-state index contributed by atoms with van der Waals surface area (Å²) in [6.07, 6.45) is 0.672. The van der Waals surface area contributed by atoms with Gasteiger partial charge in [0.2, 0.25) is 15.9 Å². The fraction of sp³-hybridized carbons (Fsp3) is 0.778. The first-order valence-electron chi connectivity index (χ1n) is 5.31. The fourth-order valence-electron chi connectivity index (χ4n) is 1.90. The summed E-state index contributed by atoms with van der Waals surface area (Å²) in [6, 6.07) is -0.959. The normalized spacial score (nSPS) is 22.8. The zero-order valence-corrected chi connectivity index (χ0v) is 10.3. The van der Waals surface area contributed by atoms with Gasteiger partial charge in [0, 0.05) is 13.0 Å². The minimum Gasteiger partial charge on any atom is -0.480 e. The van der Waals surface area contributed by atoms with Crippen LogP contribution in [0.1, 0.15) is 26.2 Å². The van der Waals surface area contributed by atoms with Gasteiger partial charge in [-0.15, -0.1) is 0 Å². The Morgan fingerprint density at radius 3 is 2.59 bits per heavy atom. The Morgan fingerprint density at radius 1 is 1.65 bits per heavy atom. The molecule has 0 spiro atoms. The number of nitrogens with zero attached hydrogens (tertiary/aromatic N) is 1. The molecule has 1 saturated heterocycles. The largest absolute Gasteiger partial charge is 0.480 e. The van der Waals surface area contributed by atoms with Crippen LogP contribution in [0.2, 0.25) is 0 Å². The topological polar surface area (TPSA) is 118 Å². The molecule has 0 saturated carbocycles. The lowest BCUT2D eigenvalue weighted by Gasteiger charge is -2.23.